The monoisotopic (exact) mass is 345 g/mol. The van der Waals surface area contributed by atoms with E-state index < -0.39 is 12.8 Å². The van der Waals surface area contributed by atoms with E-state index in [1.807, 2.05) is 0 Å². The summed E-state index contributed by atoms with van der Waals surface area (Å²) < 4.78 is 40.7. The number of likely N-dealkylation sites (tertiary alicyclic amines) is 1. The van der Waals surface area contributed by atoms with Crippen LogP contribution < -0.4 is 10.5 Å². The van der Waals surface area contributed by atoms with Crippen LogP contribution >= 0.6 is 0 Å². The Morgan fingerprint density at radius 1 is 1.29 bits per heavy atom. The zero-order chi connectivity index (χ0) is 17.7. The molecule has 1 saturated heterocycles. The summed E-state index contributed by atoms with van der Waals surface area (Å²) in [5.74, 6) is -0.604. The van der Waals surface area contributed by atoms with Crippen molar-refractivity contribution >= 4 is 11.8 Å². The Morgan fingerprint density at radius 3 is 2.46 bits per heavy atom. The Bertz CT molecular complexity index is 582. The maximum absolute atomic E-state index is 12.3. The van der Waals surface area contributed by atoms with E-state index in [-0.39, 0.29) is 29.2 Å². The van der Waals surface area contributed by atoms with Crippen LogP contribution in [-0.2, 0) is 4.79 Å². The fourth-order valence-electron chi connectivity index (χ4n) is 2.56. The van der Waals surface area contributed by atoms with Gasteiger partial charge in [0.05, 0.1) is 5.56 Å². The summed E-state index contributed by atoms with van der Waals surface area (Å²) in [7, 11) is 0. The molecule has 2 amide bonds. The van der Waals surface area contributed by atoms with Crippen LogP contribution in [0, 0.1) is 5.92 Å². The molecule has 0 unspecified atom stereocenters. The van der Waals surface area contributed by atoms with Crippen molar-refractivity contribution in [2.24, 2.45) is 11.7 Å². The van der Waals surface area contributed by atoms with E-state index in [2.05, 4.69) is 9.72 Å². The molecule has 24 heavy (non-hydrogen) atoms. The molecule has 1 aliphatic rings. The molecule has 1 aromatic heterocycles. The van der Waals surface area contributed by atoms with E-state index >= 15 is 0 Å². The van der Waals surface area contributed by atoms with Gasteiger partial charge in [-0.1, -0.05) is 0 Å². The zero-order valence-electron chi connectivity index (χ0n) is 12.9. The molecule has 1 aromatic rings. The molecule has 0 aliphatic carbocycles. The molecule has 0 bridgehead atoms. The Morgan fingerprint density at radius 2 is 1.96 bits per heavy atom. The first kappa shape index (κ1) is 18.0. The van der Waals surface area contributed by atoms with E-state index in [4.69, 9.17) is 5.73 Å². The van der Waals surface area contributed by atoms with Crippen LogP contribution in [-0.4, -0.2) is 47.6 Å². The molecule has 132 valence electrons. The number of ether oxygens (including phenoxy) is 1. The number of carbonyl (C=O) groups excluding carboxylic acids is 2. The topological polar surface area (TPSA) is 85.5 Å². The van der Waals surface area contributed by atoms with E-state index in [1.165, 1.54) is 18.3 Å². The van der Waals surface area contributed by atoms with Crippen LogP contribution in [0.2, 0.25) is 0 Å². The molecule has 6 nitrogen and oxygen atoms in total. The maximum atomic E-state index is 12.3. The molecule has 0 radical (unpaired) electrons. The number of carbonyl (C=O) groups is 2. The number of nitrogens with two attached hydrogens (primary N) is 1. The van der Waals surface area contributed by atoms with E-state index in [0.717, 1.165) is 0 Å². The van der Waals surface area contributed by atoms with Crippen molar-refractivity contribution in [2.75, 3.05) is 19.7 Å². The minimum Gasteiger partial charge on any atom is -0.468 e. The standard InChI is InChI=1S/C15H18F3N3O3/c16-15(17,18)9-24-13-2-1-11(8-20-13)14(23)21-5-3-10(4-6-21)7-12(19)22/h1-2,8,10H,3-7,9H2,(H2,19,22). The van der Waals surface area contributed by atoms with Gasteiger partial charge in [0.15, 0.2) is 6.61 Å². The second-order valence-corrected chi connectivity index (χ2v) is 5.69. The van der Waals surface area contributed by atoms with Crippen molar-refractivity contribution < 1.29 is 27.5 Å². The molecular weight excluding hydrogens is 327 g/mol. The van der Waals surface area contributed by atoms with Crippen LogP contribution in [0.5, 0.6) is 5.88 Å². The summed E-state index contributed by atoms with van der Waals surface area (Å²) in [6, 6.07) is 2.62. The van der Waals surface area contributed by atoms with Crippen LogP contribution in [0.25, 0.3) is 0 Å². The summed E-state index contributed by atoms with van der Waals surface area (Å²) in [5, 5.41) is 0. The van der Waals surface area contributed by atoms with Gasteiger partial charge in [-0.05, 0) is 24.8 Å². The highest BCUT2D eigenvalue weighted by Crippen LogP contribution is 2.22. The first-order valence-corrected chi connectivity index (χ1v) is 7.48. The normalized spacial score (nSPS) is 16.0. The molecule has 2 N–H and O–H groups in total. The van der Waals surface area contributed by atoms with Gasteiger partial charge >= 0.3 is 6.18 Å². The second-order valence-electron chi connectivity index (χ2n) is 5.69. The van der Waals surface area contributed by atoms with Gasteiger partial charge in [0, 0.05) is 31.8 Å². The first-order chi connectivity index (χ1) is 11.2. The van der Waals surface area contributed by atoms with Gasteiger partial charge in [-0.3, -0.25) is 9.59 Å². The van der Waals surface area contributed by atoms with E-state index in [0.29, 0.717) is 32.4 Å². The lowest BCUT2D eigenvalue weighted by Gasteiger charge is -2.31. The van der Waals surface area contributed by atoms with Crippen molar-refractivity contribution in [3.8, 4) is 5.88 Å². The summed E-state index contributed by atoms with van der Waals surface area (Å²) >= 11 is 0. The number of piperidine rings is 1. The van der Waals surface area contributed by atoms with E-state index in [1.54, 1.807) is 4.90 Å². The SMILES string of the molecule is NC(=O)CC1CCN(C(=O)c2ccc(OCC(F)(F)F)nc2)CC1. The van der Waals surface area contributed by atoms with Gasteiger partial charge in [-0.15, -0.1) is 0 Å². The number of nitrogens with zero attached hydrogens (tertiary/aromatic N) is 2. The number of primary amides is 1. The third-order valence-electron chi connectivity index (χ3n) is 3.76. The lowest BCUT2D eigenvalue weighted by atomic mass is 9.93. The van der Waals surface area contributed by atoms with Crippen molar-refractivity contribution in [1.29, 1.82) is 0 Å². The Balaban J connectivity index is 1.88. The second kappa shape index (κ2) is 7.50. The molecule has 0 saturated carbocycles. The highest BCUT2D eigenvalue weighted by atomic mass is 19.4. The minimum absolute atomic E-state index is 0.183. The highest BCUT2D eigenvalue weighted by molar-refractivity contribution is 5.94. The molecule has 9 heteroatoms. The number of halogens is 3. The number of aromatic nitrogens is 1. The summed E-state index contributed by atoms with van der Waals surface area (Å²) in [6.45, 7) is -0.424. The lowest BCUT2D eigenvalue weighted by Crippen LogP contribution is -2.39. The molecule has 0 atom stereocenters. The quantitative estimate of drug-likeness (QED) is 0.881. The summed E-state index contributed by atoms with van der Waals surface area (Å²) in [5.41, 5.74) is 5.44. The van der Waals surface area contributed by atoms with Gasteiger partial charge in [0.2, 0.25) is 11.8 Å². The third kappa shape index (κ3) is 5.39. The maximum Gasteiger partial charge on any atom is 0.422 e. The number of hydrogen-bond donors (Lipinski definition) is 1. The average Bonchev–Trinajstić information content (AvgIpc) is 2.52. The van der Waals surface area contributed by atoms with Crippen LogP contribution in [0.3, 0.4) is 0 Å². The van der Waals surface area contributed by atoms with Crippen LogP contribution in [0.4, 0.5) is 13.2 Å². The minimum atomic E-state index is -4.44. The number of rotatable bonds is 5. The Labute approximate surface area is 136 Å². The number of pyridine rings is 1. The van der Waals surface area contributed by atoms with Gasteiger partial charge in [0.25, 0.3) is 5.91 Å². The largest absolute Gasteiger partial charge is 0.468 e. The average molecular weight is 345 g/mol. The molecule has 2 heterocycles. The van der Waals surface area contributed by atoms with Gasteiger partial charge in [-0.2, -0.15) is 13.2 Å². The lowest BCUT2D eigenvalue weighted by molar-refractivity contribution is -0.154. The van der Waals surface area contributed by atoms with Crippen LogP contribution in [0.1, 0.15) is 29.6 Å². The summed E-state index contributed by atoms with van der Waals surface area (Å²) in [6.07, 6.45) is -1.55. The number of hydrogen-bond acceptors (Lipinski definition) is 4. The smallest absolute Gasteiger partial charge is 0.422 e. The highest BCUT2D eigenvalue weighted by Gasteiger charge is 2.29. The third-order valence-corrected chi connectivity index (χ3v) is 3.76. The summed E-state index contributed by atoms with van der Waals surface area (Å²) in [4.78, 5) is 28.6. The van der Waals surface area contributed by atoms with E-state index in [9.17, 15) is 22.8 Å². The predicted molar refractivity (Wildman–Crippen MR) is 78.2 cm³/mol. The fraction of sp³-hybridized carbons (Fsp3) is 0.533. The molecule has 1 aliphatic heterocycles. The molecule has 0 aromatic carbocycles. The number of alkyl halides is 3. The molecule has 0 spiro atoms. The Hall–Kier alpha value is -2.32. The zero-order valence-corrected chi connectivity index (χ0v) is 12.9. The molecule has 2 rings (SSSR count). The molecular formula is C15H18F3N3O3. The van der Waals surface area contributed by atoms with Crippen molar-refractivity contribution in [2.45, 2.75) is 25.4 Å². The van der Waals surface area contributed by atoms with Gasteiger partial charge in [-0.25, -0.2) is 4.98 Å². The molecule has 1 fully saturated rings. The van der Waals surface area contributed by atoms with Gasteiger partial charge < -0.3 is 15.4 Å². The Kier molecular flexibility index (Phi) is 5.63. The fourth-order valence-corrected chi connectivity index (χ4v) is 2.56. The first-order valence-electron chi connectivity index (χ1n) is 7.48. The van der Waals surface area contributed by atoms with Gasteiger partial charge in [0.1, 0.15) is 0 Å². The number of amides is 2. The van der Waals surface area contributed by atoms with Crippen molar-refractivity contribution in [3.05, 3.63) is 23.9 Å². The predicted octanol–water partition coefficient (Wildman–Crippen LogP) is 1.75. The van der Waals surface area contributed by atoms with Crippen LogP contribution in [0.15, 0.2) is 18.3 Å². The van der Waals surface area contributed by atoms with Crippen molar-refractivity contribution in [1.82, 2.24) is 9.88 Å². The van der Waals surface area contributed by atoms with Crippen molar-refractivity contribution in [3.63, 3.8) is 0 Å².